The molecule has 0 spiro atoms. The number of carbonyl (C=O) groups excluding carboxylic acids is 1. The molecule has 1 aromatic carbocycles. The van der Waals surface area contributed by atoms with Gasteiger partial charge in [0.1, 0.15) is 0 Å². The van der Waals surface area contributed by atoms with Crippen LogP contribution in [0, 0.1) is 0 Å². The highest BCUT2D eigenvalue weighted by Gasteiger charge is 2.12. The van der Waals surface area contributed by atoms with E-state index >= 15 is 0 Å². The molecule has 1 aromatic rings. The molecule has 0 aromatic heterocycles. The van der Waals surface area contributed by atoms with Crippen LogP contribution in [0.2, 0.25) is 5.02 Å². The molecule has 0 aliphatic rings. The van der Waals surface area contributed by atoms with Crippen molar-refractivity contribution in [1.29, 1.82) is 0 Å². The predicted octanol–water partition coefficient (Wildman–Crippen LogP) is 2.60. The molecule has 2 unspecified atom stereocenters. The fraction of sp³-hybridized carbons (Fsp3) is 0.364. The van der Waals surface area contributed by atoms with Crippen LogP contribution in [0.5, 0.6) is 0 Å². The number of nitrogens with one attached hydrogen (secondary N) is 1. The van der Waals surface area contributed by atoms with Gasteiger partial charge in [0.25, 0.3) is 5.91 Å². The first-order valence-electron chi connectivity index (χ1n) is 4.97. The standard InChI is InChI=1S/C11H13BrClNO2S/c1-7(17(2)16)6-14-11(15)9-4-3-8(13)5-10(9)12/h3-5,7H,6H2,1-2H3,(H,14,15). The maximum atomic E-state index is 11.8. The van der Waals surface area contributed by atoms with Gasteiger partial charge in [-0.25, -0.2) is 0 Å². The first-order valence-corrected chi connectivity index (χ1v) is 7.76. The molecule has 0 aliphatic heterocycles. The monoisotopic (exact) mass is 337 g/mol. The van der Waals surface area contributed by atoms with Crippen molar-refractivity contribution in [2.24, 2.45) is 0 Å². The molecule has 1 amide bonds. The molecule has 2 atom stereocenters. The Morgan fingerprint density at radius 1 is 1.59 bits per heavy atom. The van der Waals surface area contributed by atoms with Gasteiger partial charge in [0.2, 0.25) is 0 Å². The highest BCUT2D eigenvalue weighted by Crippen LogP contribution is 2.21. The number of hydrogen-bond acceptors (Lipinski definition) is 2. The molecule has 6 heteroatoms. The normalized spacial score (nSPS) is 14.1. The fourth-order valence-electron chi connectivity index (χ4n) is 1.12. The molecule has 0 radical (unpaired) electrons. The Labute approximate surface area is 117 Å². The fourth-order valence-corrected chi connectivity index (χ4v) is 2.30. The van der Waals surface area contributed by atoms with Crippen molar-refractivity contribution in [2.75, 3.05) is 12.8 Å². The smallest absolute Gasteiger partial charge is 0.252 e. The molecule has 0 saturated carbocycles. The molecule has 1 rings (SSSR count). The van der Waals surface area contributed by atoms with Crippen LogP contribution in [0.15, 0.2) is 22.7 Å². The maximum Gasteiger partial charge on any atom is 0.252 e. The minimum atomic E-state index is -0.940. The second kappa shape index (κ2) is 6.52. The van der Waals surface area contributed by atoms with Gasteiger partial charge >= 0.3 is 0 Å². The van der Waals surface area contributed by atoms with Crippen LogP contribution in [0.1, 0.15) is 17.3 Å². The van der Waals surface area contributed by atoms with Crippen molar-refractivity contribution in [3.8, 4) is 0 Å². The first kappa shape index (κ1) is 14.7. The third-order valence-electron chi connectivity index (χ3n) is 2.29. The molecular weight excluding hydrogens is 326 g/mol. The summed E-state index contributed by atoms with van der Waals surface area (Å²) >= 11 is 9.07. The van der Waals surface area contributed by atoms with E-state index in [1.165, 1.54) is 0 Å². The van der Waals surface area contributed by atoms with E-state index in [-0.39, 0.29) is 11.2 Å². The van der Waals surface area contributed by atoms with E-state index in [9.17, 15) is 9.00 Å². The van der Waals surface area contributed by atoms with Crippen LogP contribution in [0.25, 0.3) is 0 Å². The predicted molar refractivity (Wildman–Crippen MR) is 75.0 cm³/mol. The van der Waals surface area contributed by atoms with E-state index < -0.39 is 10.8 Å². The van der Waals surface area contributed by atoms with Crippen molar-refractivity contribution in [2.45, 2.75) is 12.2 Å². The van der Waals surface area contributed by atoms with Crippen molar-refractivity contribution in [3.63, 3.8) is 0 Å². The minimum Gasteiger partial charge on any atom is -0.351 e. The lowest BCUT2D eigenvalue weighted by atomic mass is 10.2. The summed E-state index contributed by atoms with van der Waals surface area (Å²) in [6.07, 6.45) is 1.62. The Kier molecular flexibility index (Phi) is 5.62. The van der Waals surface area contributed by atoms with Gasteiger partial charge in [0, 0.05) is 38.3 Å². The van der Waals surface area contributed by atoms with Crippen LogP contribution >= 0.6 is 27.5 Å². The van der Waals surface area contributed by atoms with E-state index in [1.807, 2.05) is 6.92 Å². The molecule has 0 saturated heterocycles. The average Bonchev–Trinajstić information content (AvgIpc) is 2.25. The number of hydrogen-bond donors (Lipinski definition) is 1. The second-order valence-electron chi connectivity index (χ2n) is 3.64. The Morgan fingerprint density at radius 3 is 2.76 bits per heavy atom. The summed E-state index contributed by atoms with van der Waals surface area (Å²) in [4.78, 5) is 11.8. The number of rotatable bonds is 4. The number of amides is 1. The lowest BCUT2D eigenvalue weighted by Gasteiger charge is -2.10. The topological polar surface area (TPSA) is 46.2 Å². The number of benzene rings is 1. The van der Waals surface area contributed by atoms with E-state index in [0.29, 0.717) is 21.6 Å². The Bertz CT molecular complexity index is 453. The van der Waals surface area contributed by atoms with Crippen molar-refractivity contribution < 1.29 is 9.00 Å². The molecule has 0 bridgehead atoms. The highest BCUT2D eigenvalue weighted by atomic mass is 79.9. The Hall–Kier alpha value is -0.390. The Balaban J connectivity index is 2.67. The van der Waals surface area contributed by atoms with E-state index in [2.05, 4.69) is 21.2 Å². The largest absolute Gasteiger partial charge is 0.351 e. The first-order chi connectivity index (χ1) is 7.91. The molecule has 94 valence electrons. The highest BCUT2D eigenvalue weighted by molar-refractivity contribution is 9.10. The van der Waals surface area contributed by atoms with E-state index in [1.54, 1.807) is 24.5 Å². The molecule has 17 heavy (non-hydrogen) atoms. The second-order valence-corrected chi connectivity index (χ2v) is 6.74. The summed E-state index contributed by atoms with van der Waals surface area (Å²) in [7, 11) is -0.940. The number of halogens is 2. The third kappa shape index (κ3) is 4.41. The maximum absolute atomic E-state index is 11.8. The molecule has 1 N–H and O–H groups in total. The Morgan fingerprint density at radius 2 is 2.24 bits per heavy atom. The molecule has 0 heterocycles. The molecular formula is C11H13BrClNO2S. The van der Waals surface area contributed by atoms with Gasteiger partial charge in [0.15, 0.2) is 0 Å². The van der Waals surface area contributed by atoms with Gasteiger partial charge < -0.3 is 5.32 Å². The lowest BCUT2D eigenvalue weighted by Crippen LogP contribution is -2.32. The molecule has 3 nitrogen and oxygen atoms in total. The van der Waals surface area contributed by atoms with Crippen LogP contribution < -0.4 is 5.32 Å². The minimum absolute atomic E-state index is 0.0648. The van der Waals surface area contributed by atoms with E-state index in [0.717, 1.165) is 0 Å². The van der Waals surface area contributed by atoms with E-state index in [4.69, 9.17) is 11.6 Å². The van der Waals surface area contributed by atoms with Crippen LogP contribution in [0.3, 0.4) is 0 Å². The summed E-state index contributed by atoms with van der Waals surface area (Å²) in [5.74, 6) is -0.203. The van der Waals surface area contributed by atoms with Gasteiger partial charge in [-0.05, 0) is 41.1 Å². The average molecular weight is 339 g/mol. The summed E-state index contributed by atoms with van der Waals surface area (Å²) in [6.45, 7) is 2.21. The third-order valence-corrected chi connectivity index (χ3v) is 4.48. The summed E-state index contributed by atoms with van der Waals surface area (Å²) in [5.41, 5.74) is 0.517. The van der Waals surface area contributed by atoms with Gasteiger partial charge in [-0.15, -0.1) is 0 Å². The van der Waals surface area contributed by atoms with Gasteiger partial charge in [0.05, 0.1) is 5.56 Å². The van der Waals surface area contributed by atoms with Crippen LogP contribution in [0.4, 0.5) is 0 Å². The van der Waals surface area contributed by atoms with Crippen LogP contribution in [-0.4, -0.2) is 28.2 Å². The van der Waals surface area contributed by atoms with Gasteiger partial charge in [-0.3, -0.25) is 9.00 Å². The van der Waals surface area contributed by atoms with Gasteiger partial charge in [-0.1, -0.05) is 11.6 Å². The van der Waals surface area contributed by atoms with Gasteiger partial charge in [-0.2, -0.15) is 0 Å². The zero-order valence-corrected chi connectivity index (χ0v) is 12.7. The molecule has 0 aliphatic carbocycles. The zero-order valence-electron chi connectivity index (χ0n) is 9.50. The zero-order chi connectivity index (χ0) is 13.0. The summed E-state index contributed by atoms with van der Waals surface area (Å²) < 4.78 is 11.8. The molecule has 0 fully saturated rings. The van der Waals surface area contributed by atoms with Crippen molar-refractivity contribution in [1.82, 2.24) is 5.32 Å². The number of carbonyl (C=O) groups is 1. The summed E-state index contributed by atoms with van der Waals surface area (Å²) in [6, 6.07) is 4.97. The summed E-state index contributed by atoms with van der Waals surface area (Å²) in [5, 5.41) is 3.24. The quantitative estimate of drug-likeness (QED) is 0.917. The lowest BCUT2D eigenvalue weighted by molar-refractivity contribution is 0.0953. The van der Waals surface area contributed by atoms with Crippen molar-refractivity contribution in [3.05, 3.63) is 33.3 Å². The SMILES string of the molecule is CC(CNC(=O)c1ccc(Cl)cc1Br)S(C)=O. The van der Waals surface area contributed by atoms with Crippen molar-refractivity contribution >= 4 is 44.2 Å². The van der Waals surface area contributed by atoms with Crippen LogP contribution in [-0.2, 0) is 10.8 Å².